The van der Waals surface area contributed by atoms with E-state index in [0.717, 1.165) is 11.1 Å². The first-order valence-electron chi connectivity index (χ1n) is 14.2. The topological polar surface area (TPSA) is 145 Å². The Balaban J connectivity index is 2.25. The predicted octanol–water partition coefficient (Wildman–Crippen LogP) is 4.43. The quantitative estimate of drug-likeness (QED) is 0.334. The summed E-state index contributed by atoms with van der Waals surface area (Å²) in [5.74, 6) is -1.31. The smallest absolute Gasteiger partial charge is 0.410 e. The zero-order chi connectivity index (χ0) is 31.5. The first-order valence-corrected chi connectivity index (χ1v) is 14.2. The molecule has 0 aliphatic rings. The lowest BCUT2D eigenvalue weighted by molar-refractivity contribution is -0.124. The second-order valence-electron chi connectivity index (χ2n) is 12.3. The minimum absolute atomic E-state index is 0.136. The molecule has 0 radical (unpaired) electrons. The third-order valence-corrected chi connectivity index (χ3v) is 6.26. The number of hydrogen-bond donors (Lipinski definition) is 2. The van der Waals surface area contributed by atoms with Gasteiger partial charge in [0.2, 0.25) is 11.8 Å². The zero-order valence-corrected chi connectivity index (χ0v) is 25.7. The second-order valence-corrected chi connectivity index (χ2v) is 12.3. The summed E-state index contributed by atoms with van der Waals surface area (Å²) in [6, 6.07) is 16.7. The maximum absolute atomic E-state index is 13.2. The number of unbranched alkanes of at least 4 members (excludes halogenated alkanes) is 1. The molecule has 0 aliphatic heterocycles. The summed E-state index contributed by atoms with van der Waals surface area (Å²) in [6.07, 6.45) is -0.113. The van der Waals surface area contributed by atoms with E-state index in [1.165, 1.54) is 9.80 Å². The van der Waals surface area contributed by atoms with Crippen LogP contribution in [-0.2, 0) is 31.9 Å². The third-order valence-electron chi connectivity index (χ3n) is 6.26. The molecular formula is C32H46N4O6. The van der Waals surface area contributed by atoms with E-state index in [-0.39, 0.29) is 25.9 Å². The Morgan fingerprint density at radius 3 is 1.19 bits per heavy atom. The molecule has 0 spiro atoms. The molecule has 2 rings (SSSR count). The normalized spacial score (nSPS) is 13.0. The van der Waals surface area contributed by atoms with Crippen molar-refractivity contribution in [2.24, 2.45) is 11.5 Å². The van der Waals surface area contributed by atoms with Crippen molar-refractivity contribution in [2.45, 2.75) is 90.5 Å². The monoisotopic (exact) mass is 582 g/mol. The first kappa shape index (κ1) is 34.1. The van der Waals surface area contributed by atoms with Gasteiger partial charge in [-0.05, 0) is 65.5 Å². The summed E-state index contributed by atoms with van der Waals surface area (Å²) in [4.78, 5) is 54.3. The Morgan fingerprint density at radius 2 is 0.929 bits per heavy atom. The first-order chi connectivity index (χ1) is 19.6. The maximum atomic E-state index is 13.2. The van der Waals surface area contributed by atoms with Crippen molar-refractivity contribution in [3.63, 3.8) is 0 Å². The summed E-state index contributed by atoms with van der Waals surface area (Å²) in [5, 5.41) is 0. The van der Waals surface area contributed by atoms with E-state index >= 15 is 0 Å². The largest absolute Gasteiger partial charge is 0.444 e. The van der Waals surface area contributed by atoms with Gasteiger partial charge in [0.1, 0.15) is 23.3 Å². The van der Waals surface area contributed by atoms with Crippen LogP contribution in [0, 0.1) is 0 Å². The molecule has 0 aromatic heterocycles. The molecule has 0 fully saturated rings. The van der Waals surface area contributed by atoms with Crippen molar-refractivity contribution in [3.8, 4) is 0 Å². The van der Waals surface area contributed by atoms with E-state index in [1.807, 2.05) is 60.7 Å². The van der Waals surface area contributed by atoms with Crippen molar-refractivity contribution in [3.05, 3.63) is 71.8 Å². The van der Waals surface area contributed by atoms with Crippen LogP contribution in [0.5, 0.6) is 0 Å². The molecule has 4 amide bonds. The highest BCUT2D eigenvalue weighted by atomic mass is 16.6. The SMILES string of the molecule is CC(C)(C)OC(=O)N(CCCCN(C(=O)OC(C)(C)C)[C@@H](Cc1ccccc1)C(N)=O)[C@@H](Cc1ccccc1)C(N)=O. The fourth-order valence-corrected chi connectivity index (χ4v) is 4.36. The van der Waals surface area contributed by atoms with Gasteiger partial charge in [0, 0.05) is 25.9 Å². The average molecular weight is 583 g/mol. The van der Waals surface area contributed by atoms with Crippen LogP contribution in [0.4, 0.5) is 9.59 Å². The molecule has 42 heavy (non-hydrogen) atoms. The molecule has 0 unspecified atom stereocenters. The van der Waals surface area contributed by atoms with Crippen LogP contribution in [-0.4, -0.2) is 70.2 Å². The van der Waals surface area contributed by atoms with Crippen LogP contribution in [0.3, 0.4) is 0 Å². The number of nitrogens with two attached hydrogens (primary N) is 2. The van der Waals surface area contributed by atoms with Gasteiger partial charge < -0.3 is 20.9 Å². The van der Waals surface area contributed by atoms with Gasteiger partial charge in [-0.3, -0.25) is 19.4 Å². The Hall–Kier alpha value is -4.08. The molecule has 0 saturated carbocycles. The fourth-order valence-electron chi connectivity index (χ4n) is 4.36. The van der Waals surface area contributed by atoms with Gasteiger partial charge in [-0.1, -0.05) is 60.7 Å². The lowest BCUT2D eigenvalue weighted by Crippen LogP contribution is -2.52. The van der Waals surface area contributed by atoms with Crippen LogP contribution in [0.2, 0.25) is 0 Å². The minimum Gasteiger partial charge on any atom is -0.444 e. The van der Waals surface area contributed by atoms with E-state index in [0.29, 0.717) is 12.8 Å². The van der Waals surface area contributed by atoms with Gasteiger partial charge in [-0.15, -0.1) is 0 Å². The van der Waals surface area contributed by atoms with Crippen LogP contribution in [0.25, 0.3) is 0 Å². The highest BCUT2D eigenvalue weighted by Gasteiger charge is 2.34. The average Bonchev–Trinajstić information content (AvgIpc) is 2.87. The maximum Gasteiger partial charge on any atom is 0.410 e. The number of carbonyl (C=O) groups is 4. The molecule has 10 nitrogen and oxygen atoms in total. The van der Waals surface area contributed by atoms with Crippen LogP contribution < -0.4 is 11.5 Å². The molecule has 230 valence electrons. The van der Waals surface area contributed by atoms with Crippen molar-refractivity contribution < 1.29 is 28.7 Å². The Labute approximate surface area is 249 Å². The number of benzene rings is 2. The number of rotatable bonds is 13. The molecule has 10 heteroatoms. The molecule has 4 N–H and O–H groups in total. The Kier molecular flexibility index (Phi) is 12.4. The number of amides is 4. The fraction of sp³-hybridized carbons (Fsp3) is 0.500. The third kappa shape index (κ3) is 11.8. The summed E-state index contributed by atoms with van der Waals surface area (Å²) < 4.78 is 11.2. The zero-order valence-electron chi connectivity index (χ0n) is 25.7. The van der Waals surface area contributed by atoms with E-state index < -0.39 is 47.3 Å². The van der Waals surface area contributed by atoms with E-state index in [9.17, 15) is 19.2 Å². The number of primary amides is 2. The van der Waals surface area contributed by atoms with Gasteiger partial charge >= 0.3 is 12.2 Å². The molecule has 0 saturated heterocycles. The molecule has 2 atom stereocenters. The standard InChI is InChI=1S/C32H46N4O6/c1-31(2,3)41-29(39)35(25(27(33)37)21-23-15-9-7-10-16-23)19-13-14-20-36(30(40)42-32(4,5)6)26(28(34)38)22-24-17-11-8-12-18-24/h7-12,15-18,25-26H,13-14,19-22H2,1-6H3,(H2,33,37)(H2,34,38)/t25-,26-/m0/s1. The van der Waals surface area contributed by atoms with Crippen molar-refractivity contribution in [2.75, 3.05) is 13.1 Å². The van der Waals surface area contributed by atoms with Crippen molar-refractivity contribution in [1.82, 2.24) is 9.80 Å². The number of ether oxygens (including phenoxy) is 2. The molecule has 2 aromatic rings. The molecule has 0 heterocycles. The van der Waals surface area contributed by atoms with Gasteiger partial charge in [0.25, 0.3) is 0 Å². The van der Waals surface area contributed by atoms with Crippen LogP contribution in [0.1, 0.15) is 65.5 Å². The highest BCUT2D eigenvalue weighted by molar-refractivity contribution is 5.85. The summed E-state index contributed by atoms with van der Waals surface area (Å²) in [7, 11) is 0. The second kappa shape index (κ2) is 15.2. The molecule has 0 bridgehead atoms. The predicted molar refractivity (Wildman–Crippen MR) is 161 cm³/mol. The van der Waals surface area contributed by atoms with Gasteiger partial charge in [0.05, 0.1) is 0 Å². The highest BCUT2D eigenvalue weighted by Crippen LogP contribution is 2.19. The summed E-state index contributed by atoms with van der Waals surface area (Å²) in [6.45, 7) is 10.7. The Bertz CT molecular complexity index is 1080. The van der Waals surface area contributed by atoms with Gasteiger partial charge in [0.15, 0.2) is 0 Å². The van der Waals surface area contributed by atoms with Crippen molar-refractivity contribution >= 4 is 24.0 Å². The minimum atomic E-state index is -0.944. The van der Waals surface area contributed by atoms with Gasteiger partial charge in [-0.2, -0.15) is 0 Å². The Morgan fingerprint density at radius 1 is 0.619 bits per heavy atom. The van der Waals surface area contributed by atoms with Crippen molar-refractivity contribution in [1.29, 1.82) is 0 Å². The molecule has 2 aromatic carbocycles. The lowest BCUT2D eigenvalue weighted by atomic mass is 10.0. The number of carbonyl (C=O) groups excluding carboxylic acids is 4. The van der Waals surface area contributed by atoms with Crippen LogP contribution in [0.15, 0.2) is 60.7 Å². The molecule has 0 aliphatic carbocycles. The lowest BCUT2D eigenvalue weighted by Gasteiger charge is -2.33. The number of nitrogens with zero attached hydrogens (tertiary/aromatic N) is 2. The molecular weight excluding hydrogens is 536 g/mol. The van der Waals surface area contributed by atoms with E-state index in [1.54, 1.807) is 41.5 Å². The van der Waals surface area contributed by atoms with E-state index in [4.69, 9.17) is 20.9 Å². The van der Waals surface area contributed by atoms with Crippen LogP contribution >= 0.6 is 0 Å². The number of hydrogen-bond acceptors (Lipinski definition) is 6. The summed E-state index contributed by atoms with van der Waals surface area (Å²) in [5.41, 5.74) is 11.7. The van der Waals surface area contributed by atoms with E-state index in [2.05, 4.69) is 0 Å². The summed E-state index contributed by atoms with van der Waals surface area (Å²) >= 11 is 0. The van der Waals surface area contributed by atoms with Gasteiger partial charge in [-0.25, -0.2) is 9.59 Å².